The Hall–Kier alpha value is -0.340. The lowest BCUT2D eigenvalue weighted by Crippen LogP contribution is -2.16. The molecule has 1 aliphatic heterocycles. The second-order valence-corrected chi connectivity index (χ2v) is 5.83. The molecule has 1 N–H and O–H groups in total. The summed E-state index contributed by atoms with van der Waals surface area (Å²) in [5, 5.41) is 3.54. The zero-order valence-electron chi connectivity index (χ0n) is 11.7. The molecule has 1 saturated carbocycles. The van der Waals surface area contributed by atoms with E-state index < -0.39 is 0 Å². The van der Waals surface area contributed by atoms with Gasteiger partial charge in [0.25, 0.3) is 0 Å². The summed E-state index contributed by atoms with van der Waals surface area (Å²) >= 11 is 0. The van der Waals surface area contributed by atoms with Gasteiger partial charge in [-0.15, -0.1) is 0 Å². The average molecular weight is 251 g/mol. The Labute approximate surface area is 112 Å². The molecule has 2 aliphatic rings. The zero-order chi connectivity index (χ0) is 12.5. The number of hydrogen-bond donors (Lipinski definition) is 1. The first-order valence-corrected chi connectivity index (χ1v) is 7.91. The smallest absolute Gasteiger partial charge is 0.0468 e. The third-order valence-electron chi connectivity index (χ3n) is 4.06. The van der Waals surface area contributed by atoms with Crippen LogP contribution < -0.4 is 5.32 Å². The Morgan fingerprint density at radius 1 is 0.944 bits per heavy atom. The van der Waals surface area contributed by atoms with Crippen molar-refractivity contribution in [2.75, 3.05) is 19.8 Å². The van der Waals surface area contributed by atoms with Crippen molar-refractivity contribution in [3.8, 4) is 0 Å². The van der Waals surface area contributed by atoms with E-state index in [0.29, 0.717) is 0 Å². The second-order valence-electron chi connectivity index (χ2n) is 5.83. The highest BCUT2D eigenvalue weighted by atomic mass is 16.5. The quantitative estimate of drug-likeness (QED) is 0.498. The van der Waals surface area contributed by atoms with Gasteiger partial charge in [-0.05, 0) is 57.4 Å². The van der Waals surface area contributed by atoms with Gasteiger partial charge in [0.1, 0.15) is 0 Å². The summed E-state index contributed by atoms with van der Waals surface area (Å²) in [6.45, 7) is 3.17. The molecule has 0 amide bonds. The lowest BCUT2D eigenvalue weighted by molar-refractivity contribution is 0.0632. The number of nitrogens with one attached hydrogen (secondary N) is 1. The highest BCUT2D eigenvalue weighted by Crippen LogP contribution is 2.21. The maximum atomic E-state index is 5.39. The zero-order valence-corrected chi connectivity index (χ0v) is 11.7. The van der Waals surface area contributed by atoms with Crippen LogP contribution in [-0.2, 0) is 4.74 Å². The first-order valence-electron chi connectivity index (χ1n) is 7.91. The van der Waals surface area contributed by atoms with E-state index in [1.165, 1.54) is 64.3 Å². The number of rotatable bonds is 9. The van der Waals surface area contributed by atoms with Crippen LogP contribution in [0.1, 0.15) is 57.8 Å². The monoisotopic (exact) mass is 251 g/mol. The largest absolute Gasteiger partial charge is 0.381 e. The molecule has 0 spiro atoms. The minimum absolute atomic E-state index is 0.859. The van der Waals surface area contributed by atoms with Crippen molar-refractivity contribution in [2.45, 2.75) is 63.8 Å². The molecule has 1 saturated heterocycles. The molecule has 104 valence electrons. The maximum absolute atomic E-state index is 5.39. The van der Waals surface area contributed by atoms with E-state index in [0.717, 1.165) is 25.2 Å². The van der Waals surface area contributed by atoms with Gasteiger partial charge in [0.05, 0.1) is 0 Å². The third kappa shape index (κ3) is 6.55. The van der Waals surface area contributed by atoms with E-state index in [-0.39, 0.29) is 0 Å². The van der Waals surface area contributed by atoms with Gasteiger partial charge in [0.15, 0.2) is 0 Å². The Kier molecular flexibility index (Phi) is 6.81. The van der Waals surface area contributed by atoms with Gasteiger partial charge in [-0.25, -0.2) is 0 Å². The van der Waals surface area contributed by atoms with E-state index in [1.54, 1.807) is 0 Å². The summed E-state index contributed by atoms with van der Waals surface area (Å²) in [6.07, 6.45) is 16.8. The van der Waals surface area contributed by atoms with E-state index in [9.17, 15) is 0 Å². The van der Waals surface area contributed by atoms with Crippen LogP contribution in [0, 0.1) is 5.92 Å². The van der Waals surface area contributed by atoms with Gasteiger partial charge in [-0.3, -0.25) is 0 Å². The molecule has 0 aromatic rings. The van der Waals surface area contributed by atoms with E-state index in [1.807, 2.05) is 0 Å². The molecule has 2 fully saturated rings. The van der Waals surface area contributed by atoms with Crippen molar-refractivity contribution in [1.82, 2.24) is 5.32 Å². The third-order valence-corrected chi connectivity index (χ3v) is 4.06. The van der Waals surface area contributed by atoms with Crippen molar-refractivity contribution >= 4 is 0 Å². The molecule has 1 heterocycles. The number of allylic oxidation sites excluding steroid dienone is 1. The Morgan fingerprint density at radius 3 is 2.50 bits per heavy atom. The summed E-state index contributed by atoms with van der Waals surface area (Å²) in [6, 6.07) is 0.859. The molecule has 0 unspecified atom stereocenters. The first kappa shape index (κ1) is 14.1. The summed E-state index contributed by atoms with van der Waals surface area (Å²) in [7, 11) is 0. The highest BCUT2D eigenvalue weighted by molar-refractivity contribution is 4.85. The summed E-state index contributed by atoms with van der Waals surface area (Å²) in [5.41, 5.74) is 0. The molecule has 0 bridgehead atoms. The van der Waals surface area contributed by atoms with Crippen molar-refractivity contribution < 1.29 is 4.74 Å². The van der Waals surface area contributed by atoms with E-state index in [2.05, 4.69) is 17.5 Å². The fourth-order valence-corrected chi connectivity index (χ4v) is 2.62. The van der Waals surface area contributed by atoms with Crippen molar-refractivity contribution in [1.29, 1.82) is 0 Å². The topological polar surface area (TPSA) is 21.3 Å². The molecular formula is C16H29NO. The van der Waals surface area contributed by atoms with E-state index in [4.69, 9.17) is 4.74 Å². The van der Waals surface area contributed by atoms with Crippen LogP contribution in [0.3, 0.4) is 0 Å². The molecule has 1 aliphatic carbocycles. The fourth-order valence-electron chi connectivity index (χ4n) is 2.62. The molecule has 2 rings (SSSR count). The minimum atomic E-state index is 0.859. The van der Waals surface area contributed by atoms with Crippen LogP contribution in [0.25, 0.3) is 0 Å². The van der Waals surface area contributed by atoms with Gasteiger partial charge in [0.2, 0.25) is 0 Å². The highest BCUT2D eigenvalue weighted by Gasteiger charge is 2.19. The molecule has 0 radical (unpaired) electrons. The van der Waals surface area contributed by atoms with Crippen LogP contribution >= 0.6 is 0 Å². The Bertz CT molecular complexity index is 229. The first-order chi connectivity index (χ1) is 8.95. The number of hydrogen-bond acceptors (Lipinski definition) is 2. The lowest BCUT2D eigenvalue weighted by Gasteiger charge is -2.21. The van der Waals surface area contributed by atoms with Gasteiger partial charge in [-0.1, -0.05) is 25.0 Å². The predicted octanol–water partition coefficient (Wildman–Crippen LogP) is 3.67. The average Bonchev–Trinajstić information content (AvgIpc) is 3.22. The van der Waals surface area contributed by atoms with Crippen LogP contribution in [0.2, 0.25) is 0 Å². The predicted molar refractivity (Wildman–Crippen MR) is 76.8 cm³/mol. The molecule has 0 aromatic heterocycles. The lowest BCUT2D eigenvalue weighted by atomic mass is 9.94. The van der Waals surface area contributed by atoms with Gasteiger partial charge in [-0.2, -0.15) is 0 Å². The van der Waals surface area contributed by atoms with E-state index >= 15 is 0 Å². The van der Waals surface area contributed by atoms with Crippen molar-refractivity contribution in [2.24, 2.45) is 5.92 Å². The van der Waals surface area contributed by atoms with Gasteiger partial charge in [0, 0.05) is 19.3 Å². The van der Waals surface area contributed by atoms with Gasteiger partial charge >= 0.3 is 0 Å². The maximum Gasteiger partial charge on any atom is 0.0468 e. The van der Waals surface area contributed by atoms with Crippen molar-refractivity contribution in [3.05, 3.63) is 12.2 Å². The number of unbranched alkanes of at least 4 members (excludes halogenated alkanes) is 2. The summed E-state index contributed by atoms with van der Waals surface area (Å²) < 4.78 is 5.39. The SMILES string of the molecule is C(=C\CCNC1CC1)/CCCCC1CCOCC1. The Balaban J connectivity index is 1.34. The van der Waals surface area contributed by atoms with Gasteiger partial charge < -0.3 is 10.1 Å². The normalized spacial score (nSPS) is 21.8. The van der Waals surface area contributed by atoms with Crippen LogP contribution in [0.15, 0.2) is 12.2 Å². The summed E-state index contributed by atoms with van der Waals surface area (Å²) in [4.78, 5) is 0. The molecule has 0 aromatic carbocycles. The summed E-state index contributed by atoms with van der Waals surface area (Å²) in [5.74, 6) is 0.950. The minimum Gasteiger partial charge on any atom is -0.381 e. The van der Waals surface area contributed by atoms with Crippen molar-refractivity contribution in [3.63, 3.8) is 0 Å². The van der Waals surface area contributed by atoms with Crippen LogP contribution in [0.5, 0.6) is 0 Å². The number of ether oxygens (including phenoxy) is 1. The van der Waals surface area contributed by atoms with Crippen LogP contribution in [-0.4, -0.2) is 25.8 Å². The molecular weight excluding hydrogens is 222 g/mol. The Morgan fingerprint density at radius 2 is 1.72 bits per heavy atom. The molecule has 0 atom stereocenters. The molecule has 18 heavy (non-hydrogen) atoms. The standard InChI is InChI=1S/C16H29NO/c1(2-4-6-12-17-16-8-9-16)3-5-7-15-10-13-18-14-11-15/h2,4,15-17H,1,3,5-14H2/b4-2+. The second kappa shape index (κ2) is 8.71. The molecule has 2 nitrogen and oxygen atoms in total. The van der Waals surface area contributed by atoms with Crippen LogP contribution in [0.4, 0.5) is 0 Å². The molecule has 2 heteroatoms. The fraction of sp³-hybridized carbons (Fsp3) is 0.875.